The maximum Gasteiger partial charge on any atom is 0.331 e. The highest BCUT2D eigenvalue weighted by atomic mass is 35.5. The van der Waals surface area contributed by atoms with Crippen LogP contribution in [0.15, 0.2) is 24.3 Å². The van der Waals surface area contributed by atoms with Crippen LogP contribution in [0.2, 0.25) is 10.0 Å². The van der Waals surface area contributed by atoms with Crippen LogP contribution in [0, 0.1) is 37.5 Å². The Morgan fingerprint density at radius 3 is 1.68 bits per heavy atom. The third-order valence-corrected chi connectivity index (χ3v) is 10.8. The first-order chi connectivity index (χ1) is 28.0. The van der Waals surface area contributed by atoms with Gasteiger partial charge in [0.15, 0.2) is 0 Å². The summed E-state index contributed by atoms with van der Waals surface area (Å²) in [7, 11) is 2.73. The van der Waals surface area contributed by atoms with Crippen LogP contribution in [0.1, 0.15) is 125 Å². The Morgan fingerprint density at radius 1 is 0.783 bits per heavy atom. The average molecular weight is 893 g/mol. The van der Waals surface area contributed by atoms with Crippen molar-refractivity contribution in [3.63, 3.8) is 0 Å². The molecule has 0 aliphatic heterocycles. The highest BCUT2D eigenvalue weighted by Gasteiger charge is 2.45. The van der Waals surface area contributed by atoms with Crippen molar-refractivity contribution < 1.29 is 55.6 Å². The van der Waals surface area contributed by atoms with E-state index in [1.165, 1.54) is 14.2 Å². The first-order valence-corrected chi connectivity index (χ1v) is 20.9. The van der Waals surface area contributed by atoms with Crippen LogP contribution >= 0.6 is 23.2 Å². The van der Waals surface area contributed by atoms with E-state index in [-0.39, 0.29) is 49.3 Å². The molecule has 2 aliphatic carbocycles. The van der Waals surface area contributed by atoms with E-state index in [0.717, 1.165) is 72.9 Å². The zero-order valence-electron chi connectivity index (χ0n) is 36.3. The van der Waals surface area contributed by atoms with Gasteiger partial charge in [0.2, 0.25) is 5.91 Å². The monoisotopic (exact) mass is 891 g/mol. The second-order valence-corrected chi connectivity index (χ2v) is 15.8. The topological polar surface area (TPSA) is 163 Å². The molecular weight excluding hydrogens is 831 g/mol. The van der Waals surface area contributed by atoms with Crippen molar-refractivity contribution in [2.75, 3.05) is 27.4 Å². The van der Waals surface area contributed by atoms with Gasteiger partial charge in [0.1, 0.15) is 11.1 Å². The number of rotatable bonds is 13. The van der Waals surface area contributed by atoms with E-state index in [0.29, 0.717) is 47.9 Å². The molecule has 4 N–H and O–H groups in total. The van der Waals surface area contributed by atoms with E-state index >= 15 is 0 Å². The number of hydrogen-bond donors (Lipinski definition) is 3. The number of methoxy groups -OCH3 is 2. The number of aryl methyl sites for hydroxylation is 2. The van der Waals surface area contributed by atoms with Gasteiger partial charge in [-0.1, -0.05) is 48.9 Å². The summed E-state index contributed by atoms with van der Waals surface area (Å²) in [6.07, 6.45) is 7.81. The third-order valence-electron chi connectivity index (χ3n) is 10.1. The molecule has 0 bridgehead atoms. The average Bonchev–Trinajstić information content (AvgIpc) is 3.19. The third kappa shape index (κ3) is 16.9. The van der Waals surface area contributed by atoms with Gasteiger partial charge in [-0.2, -0.15) is 0 Å². The molecule has 2 aromatic carbocycles. The number of carboxylic acids is 1. The standard InChI is InChI=1S/C23H30ClNO4.C12H11ClO2.C11H21NO3.ClH/c1-5-8-17-12-16(3)19(20(24)13-17)14-21(26)25-23(22(27)28-4)10-7-9-18(15-23)29-11-6-2;1-3-4-9-5-8(2)10(7-12(14)15)11(13)6-9;1-3-7-15-9-5-4-6-11(12,8-9)10(13)14-2;/h12-13,18H,6-7,9-11,14-15H2,1-4H3,(H,25,26);5-6H,7H2,1-2H3,(H,14,15);9H,3-8,12H2,1-2H3;1H/p-1. The Hall–Kier alpha value is -3.81. The second-order valence-electron chi connectivity index (χ2n) is 15.0. The summed E-state index contributed by atoms with van der Waals surface area (Å²) in [5.74, 6) is 9.61. The summed E-state index contributed by atoms with van der Waals surface area (Å²) in [4.78, 5) is 47.6. The van der Waals surface area contributed by atoms with Gasteiger partial charge in [0, 0.05) is 47.2 Å². The van der Waals surface area contributed by atoms with Crippen molar-refractivity contribution in [2.24, 2.45) is 5.73 Å². The molecule has 332 valence electrons. The quantitative estimate of drug-likeness (QED) is 0.188. The fraction of sp³-hybridized carbons (Fsp3) is 0.565. The summed E-state index contributed by atoms with van der Waals surface area (Å²) in [6, 6.07) is 7.22. The SMILES string of the molecule is CC#Cc1cc(C)c(CC(=O)NC2(C(=O)OC)CCCC(OCCC)C2)c(Cl)c1.CC#Cc1cc(C)c(CC(=O)O)c(Cl)c1.CCCOC1CCCC(N)(C(=O)OC)C1.[Cl-]. The molecule has 1 amide bonds. The first kappa shape index (κ1) is 54.2. The van der Waals surface area contributed by atoms with Gasteiger partial charge < -0.3 is 47.5 Å². The maximum absolute atomic E-state index is 12.9. The molecule has 4 atom stereocenters. The van der Waals surface area contributed by atoms with E-state index in [1.807, 2.05) is 32.9 Å². The molecule has 0 spiro atoms. The lowest BCUT2D eigenvalue weighted by molar-refractivity contribution is -0.155. The van der Waals surface area contributed by atoms with Crippen LogP contribution in [-0.4, -0.2) is 79.6 Å². The smallest absolute Gasteiger partial charge is 0.331 e. The number of benzene rings is 2. The van der Waals surface area contributed by atoms with Gasteiger partial charge in [-0.25, -0.2) is 4.79 Å². The van der Waals surface area contributed by atoms with Gasteiger partial charge in [-0.15, -0.1) is 11.8 Å². The van der Waals surface area contributed by atoms with E-state index in [2.05, 4.69) is 35.9 Å². The van der Waals surface area contributed by atoms with Crippen molar-refractivity contribution in [2.45, 2.75) is 142 Å². The predicted molar refractivity (Wildman–Crippen MR) is 231 cm³/mol. The number of carboxylic acid groups (broad SMARTS) is 1. The Morgan fingerprint density at radius 2 is 1.25 bits per heavy atom. The van der Waals surface area contributed by atoms with Crippen molar-refractivity contribution in [3.8, 4) is 23.7 Å². The van der Waals surface area contributed by atoms with E-state index in [4.69, 9.17) is 53.0 Å². The molecule has 0 aromatic heterocycles. The Labute approximate surface area is 372 Å². The number of hydrogen-bond acceptors (Lipinski definition) is 9. The molecule has 2 aliphatic rings. The van der Waals surface area contributed by atoms with Crippen molar-refractivity contribution in [1.82, 2.24) is 5.32 Å². The molecule has 11 nitrogen and oxygen atoms in total. The van der Waals surface area contributed by atoms with E-state index < -0.39 is 23.0 Å². The zero-order valence-corrected chi connectivity index (χ0v) is 38.6. The summed E-state index contributed by atoms with van der Waals surface area (Å²) in [5.41, 5.74) is 8.91. The number of nitrogens with one attached hydrogen (secondary N) is 1. The minimum Gasteiger partial charge on any atom is -1.00 e. The van der Waals surface area contributed by atoms with Gasteiger partial charge in [0.05, 0.1) is 39.3 Å². The fourth-order valence-electron chi connectivity index (χ4n) is 7.32. The number of carbonyl (C=O) groups is 4. The van der Waals surface area contributed by atoms with Gasteiger partial charge in [0.25, 0.3) is 0 Å². The van der Waals surface area contributed by atoms with Gasteiger partial charge >= 0.3 is 17.9 Å². The highest BCUT2D eigenvalue weighted by Crippen LogP contribution is 2.33. The number of esters is 2. The number of halogens is 3. The van der Waals surface area contributed by atoms with Crippen LogP contribution < -0.4 is 23.5 Å². The molecule has 4 rings (SSSR count). The molecule has 60 heavy (non-hydrogen) atoms. The molecule has 0 heterocycles. The van der Waals surface area contributed by atoms with Crippen molar-refractivity contribution in [3.05, 3.63) is 67.7 Å². The predicted octanol–water partition coefficient (Wildman–Crippen LogP) is 4.84. The Balaban J connectivity index is 0.000000490. The van der Waals surface area contributed by atoms with E-state index in [1.54, 1.807) is 26.0 Å². The number of aliphatic carboxylic acids is 1. The van der Waals surface area contributed by atoms with Crippen LogP contribution in [0.5, 0.6) is 0 Å². The fourth-order valence-corrected chi connectivity index (χ4v) is 7.99. The molecule has 2 fully saturated rings. The number of amides is 1. The summed E-state index contributed by atoms with van der Waals surface area (Å²) in [5, 5.41) is 12.6. The zero-order chi connectivity index (χ0) is 44.2. The molecular formula is C46H62Cl3N2O9-. The minimum atomic E-state index is -1.06. The second kappa shape index (κ2) is 27.2. The summed E-state index contributed by atoms with van der Waals surface area (Å²) >= 11 is 12.4. The van der Waals surface area contributed by atoms with Crippen molar-refractivity contribution >= 4 is 47.0 Å². The molecule has 0 saturated heterocycles. The molecule has 2 saturated carbocycles. The summed E-state index contributed by atoms with van der Waals surface area (Å²) in [6.45, 7) is 12.7. The number of nitrogens with two attached hydrogens (primary N) is 1. The van der Waals surface area contributed by atoms with Crippen LogP contribution in [0.3, 0.4) is 0 Å². The molecule has 0 radical (unpaired) electrons. The normalized spacial score (nSPS) is 20.3. The lowest BCUT2D eigenvalue weighted by atomic mass is 9.79. The summed E-state index contributed by atoms with van der Waals surface area (Å²) < 4.78 is 21.3. The first-order valence-electron chi connectivity index (χ1n) is 20.2. The minimum absolute atomic E-state index is 0. The number of ether oxygens (including phenoxy) is 4. The Kier molecular flexibility index (Phi) is 24.6. The molecule has 2 aromatic rings. The lowest BCUT2D eigenvalue weighted by Gasteiger charge is -2.39. The van der Waals surface area contributed by atoms with Crippen LogP contribution in [-0.2, 0) is 51.0 Å². The maximum atomic E-state index is 12.9. The largest absolute Gasteiger partial charge is 1.00 e. The van der Waals surface area contributed by atoms with Crippen LogP contribution in [0.4, 0.5) is 0 Å². The van der Waals surface area contributed by atoms with Crippen LogP contribution in [0.25, 0.3) is 0 Å². The molecule has 4 unspecified atom stereocenters. The highest BCUT2D eigenvalue weighted by molar-refractivity contribution is 6.32. The van der Waals surface area contributed by atoms with Gasteiger partial charge in [-0.3, -0.25) is 14.4 Å². The molecule has 14 heteroatoms. The number of carbonyl (C=O) groups excluding carboxylic acids is 3. The Bertz CT molecular complexity index is 1840. The lowest BCUT2D eigenvalue weighted by Crippen LogP contribution is -3.00. The van der Waals surface area contributed by atoms with Gasteiger partial charge in [-0.05, 0) is 126 Å². The van der Waals surface area contributed by atoms with Crippen molar-refractivity contribution in [1.29, 1.82) is 0 Å². The van der Waals surface area contributed by atoms with E-state index in [9.17, 15) is 19.2 Å².